The Hall–Kier alpha value is -3.23. The number of sulfone groups is 2. The van der Waals surface area contributed by atoms with E-state index in [1.807, 2.05) is 60.7 Å². The molecule has 0 heterocycles. The van der Waals surface area contributed by atoms with Crippen molar-refractivity contribution in [3.8, 4) is 0 Å². The van der Waals surface area contributed by atoms with E-state index in [1.165, 1.54) is 70.6 Å². The zero-order chi connectivity index (χ0) is 64.9. The van der Waals surface area contributed by atoms with Crippen molar-refractivity contribution in [1.82, 2.24) is 0 Å². The van der Waals surface area contributed by atoms with E-state index in [4.69, 9.17) is 5.11 Å². The van der Waals surface area contributed by atoms with Crippen LogP contribution in [0.2, 0.25) is 0 Å². The first-order valence-electron chi connectivity index (χ1n) is 35.7. The minimum atomic E-state index is -3.67. The van der Waals surface area contributed by atoms with Gasteiger partial charge < -0.3 is 20.4 Å². The lowest BCUT2D eigenvalue weighted by Gasteiger charge is -2.65. The van der Waals surface area contributed by atoms with Crippen molar-refractivity contribution in [2.24, 2.45) is 110 Å². The third-order valence-electron chi connectivity index (χ3n) is 27.7. The molecule has 0 amide bonds. The van der Waals surface area contributed by atoms with Crippen LogP contribution in [-0.2, 0) is 29.3 Å². The monoisotopic (exact) mass is 1310 g/mol. The number of carbonyl (C=O) groups is 2. The smallest absolute Gasteiger partial charge is 0.185 e. The largest absolute Gasteiger partial charge is 0.400 e. The number of Topliss-reactive ketones (excluding diaryl/α,β-unsaturated/α-hetero) is 2. The molecule has 0 spiro atoms. The maximum atomic E-state index is 13.1. The highest BCUT2D eigenvalue weighted by Crippen LogP contribution is 2.72. The Morgan fingerprint density at radius 1 is 0.495 bits per heavy atom. The number of halogens is 1. The van der Waals surface area contributed by atoms with Crippen LogP contribution in [0.15, 0.2) is 94.7 Å². The maximum Gasteiger partial charge on any atom is 0.185 e. The zero-order valence-electron chi connectivity index (χ0n) is 56.9. The van der Waals surface area contributed by atoms with Gasteiger partial charge in [-0.05, 0) is 253 Å². The number of aliphatic hydroxyl groups excluding tert-OH is 4. The number of benzene rings is 4. The molecule has 0 aromatic heterocycles. The second-order valence-corrected chi connectivity index (χ2v) is 36.0. The Labute approximate surface area is 554 Å². The first-order chi connectivity index (χ1) is 42.8. The molecule has 10 nitrogen and oxygen atoms in total. The van der Waals surface area contributed by atoms with Crippen LogP contribution >= 0.6 is 12.4 Å². The van der Waals surface area contributed by atoms with Crippen LogP contribution in [0.25, 0.3) is 21.5 Å². The number of ketones is 2. The van der Waals surface area contributed by atoms with E-state index in [9.17, 15) is 41.7 Å². The number of fused-ring (bicyclic) bond motifs is 12. The quantitative estimate of drug-likeness (QED) is 0.0748. The van der Waals surface area contributed by atoms with E-state index >= 15 is 0 Å². The Bertz CT molecular complexity index is 3170. The fourth-order valence-corrected chi connectivity index (χ4v) is 25.8. The Morgan fingerprint density at radius 2 is 0.868 bits per heavy atom. The Balaban J connectivity index is 0.000000208. The summed E-state index contributed by atoms with van der Waals surface area (Å²) in [5.74, 6) is 6.51. The molecule has 8 aliphatic carbocycles. The lowest BCUT2D eigenvalue weighted by molar-refractivity contribution is -0.203. The highest BCUT2D eigenvalue weighted by atomic mass is 35.5. The molecule has 506 valence electrons. The van der Waals surface area contributed by atoms with Gasteiger partial charge in [-0.25, -0.2) is 16.8 Å². The summed E-state index contributed by atoms with van der Waals surface area (Å²) in [5.41, 5.74) is 1.02. The van der Waals surface area contributed by atoms with Crippen LogP contribution in [0.3, 0.4) is 0 Å². The first-order valence-corrected chi connectivity index (χ1v) is 39.0. The summed E-state index contributed by atoms with van der Waals surface area (Å²) >= 11 is 0. The molecule has 0 radical (unpaired) electrons. The predicted molar refractivity (Wildman–Crippen MR) is 370 cm³/mol. The van der Waals surface area contributed by atoms with Gasteiger partial charge in [0.25, 0.3) is 0 Å². The zero-order valence-corrected chi connectivity index (χ0v) is 59.4. The van der Waals surface area contributed by atoms with E-state index in [2.05, 4.69) is 62.3 Å². The highest BCUT2D eigenvalue weighted by Gasteiger charge is 2.67. The van der Waals surface area contributed by atoms with Crippen molar-refractivity contribution in [3.63, 3.8) is 0 Å². The van der Waals surface area contributed by atoms with Gasteiger partial charge in [-0.15, -0.1) is 12.4 Å². The van der Waals surface area contributed by atoms with Gasteiger partial charge in [0.15, 0.2) is 19.7 Å². The summed E-state index contributed by atoms with van der Waals surface area (Å²) in [4.78, 5) is 26.2. The van der Waals surface area contributed by atoms with Crippen molar-refractivity contribution in [2.45, 2.75) is 232 Å². The minimum absolute atomic E-state index is 0. The van der Waals surface area contributed by atoms with Gasteiger partial charge in [0.1, 0.15) is 23.1 Å². The summed E-state index contributed by atoms with van der Waals surface area (Å²) in [6.45, 7) is 21.8. The molecule has 91 heavy (non-hydrogen) atoms. The second kappa shape index (κ2) is 28.8. The molecule has 12 rings (SSSR count). The average Bonchev–Trinajstić information content (AvgIpc) is 1.70. The summed E-state index contributed by atoms with van der Waals surface area (Å²) in [5, 5.41) is 45.3. The van der Waals surface area contributed by atoms with Gasteiger partial charge >= 0.3 is 0 Å². The SMILES string of the molecule is CC[C@H]1[C@@H](O)[C@@H]2[C@H](CC[C@]3(C)[C@@H]([C@H](C)CCCC(=O)CS(=O)(=O)c4ccc5ccccc5c4)CC[C@@H]23)[C@@]2(C)CC[C@@H](C)C[C@@H]12.CC[C@H]1[C@@H](O)[C@@H]2[C@H](CC[C@]3(C)[C@@H]([C@H](C)CCCC(=O)CS(=O)(=O)c4ccc5ccccc5c4)CC[C@@H]23)[C@@]2(C)CC[C@@H](O)C[C@@H]12.CO.Cl. The van der Waals surface area contributed by atoms with Crippen molar-refractivity contribution in [3.05, 3.63) is 84.9 Å². The van der Waals surface area contributed by atoms with Crippen molar-refractivity contribution in [2.75, 3.05) is 18.6 Å². The molecule has 0 unspecified atom stereocenters. The average molecular weight is 1310 g/mol. The van der Waals surface area contributed by atoms with E-state index in [1.54, 1.807) is 24.3 Å². The Kier molecular flexibility index (Phi) is 22.8. The molecular weight excluding hydrogens is 1200 g/mol. The standard InChI is InChI=1S/C39H56O4S.C38H54O5S.CH4O.ClH/c1-6-31-35-22-25(2)18-20-39(35,5)34-19-21-38(4)32(16-17-33(38)36(34)37(31)41)26(3)10-9-13-29(40)24-44(42,43)30-15-14-27-11-7-8-12-28(27)23-30;1-5-30-34-22-27(39)17-19-38(34,4)33-18-20-37(3)31(15-16-32(37)35(33)36(30)41)24(2)9-8-12-28(40)23-44(42,43)29-14-13-25-10-6-7-11-26(25)21-29;1-2;/h7-8,11-12,14-15,23,25-26,31-37,41H,6,9-10,13,16-22,24H2,1-5H3;6-7,10-11,13-14,21,24,27,30-36,39,41H,5,8-9,12,15-20,22-23H2,1-4H3;2H,1H3;1H/t25-,26-,31-,32-,33+,34+,35+,36+,37-,38-,39-;24-,27-,30-,31-,32+,33+,34+,35+,36-,37-,38-;;/m11../s1. The van der Waals surface area contributed by atoms with Gasteiger partial charge in [-0.2, -0.15) is 0 Å². The van der Waals surface area contributed by atoms with Gasteiger partial charge in [0.05, 0.1) is 28.1 Å². The fourth-order valence-electron chi connectivity index (χ4n) is 23.2. The van der Waals surface area contributed by atoms with E-state index in [-0.39, 0.29) is 74.2 Å². The topological polar surface area (TPSA) is 183 Å². The Morgan fingerprint density at radius 3 is 1.29 bits per heavy atom. The molecule has 8 fully saturated rings. The van der Waals surface area contributed by atoms with Crippen LogP contribution in [0.5, 0.6) is 0 Å². The predicted octanol–water partition coefficient (Wildman–Crippen LogP) is 16.5. The lowest BCUT2D eigenvalue weighted by atomic mass is 9.41. The van der Waals surface area contributed by atoms with Crippen molar-refractivity contribution < 1.29 is 46.9 Å². The van der Waals surface area contributed by atoms with Gasteiger partial charge in [-0.3, -0.25) is 9.59 Å². The maximum absolute atomic E-state index is 13.1. The minimum Gasteiger partial charge on any atom is -0.400 e. The molecule has 8 aliphatic rings. The molecule has 22 atom stereocenters. The van der Waals surface area contributed by atoms with Gasteiger partial charge in [0.2, 0.25) is 0 Å². The van der Waals surface area contributed by atoms with Crippen molar-refractivity contribution >= 4 is 65.2 Å². The van der Waals surface area contributed by atoms with Gasteiger partial charge in [-0.1, -0.05) is 155 Å². The third kappa shape index (κ3) is 13.8. The van der Waals surface area contributed by atoms with Crippen LogP contribution in [0.4, 0.5) is 0 Å². The molecular formula is C78H115ClO10S2. The first kappa shape index (κ1) is 72.0. The molecule has 4 N–H and O–H groups in total. The van der Waals surface area contributed by atoms with E-state index in [0.717, 1.165) is 92.4 Å². The molecule has 0 saturated heterocycles. The van der Waals surface area contributed by atoms with E-state index < -0.39 is 31.2 Å². The number of carbonyl (C=O) groups excluding carboxylic acids is 2. The molecule has 8 saturated carbocycles. The summed E-state index contributed by atoms with van der Waals surface area (Å²) in [6.07, 6.45) is 21.8. The molecule has 0 aliphatic heterocycles. The summed E-state index contributed by atoms with van der Waals surface area (Å²) < 4.78 is 52.2. The van der Waals surface area contributed by atoms with Crippen LogP contribution in [0, 0.1) is 110 Å². The molecule has 4 aromatic carbocycles. The lowest BCUT2D eigenvalue weighted by Crippen LogP contribution is -2.62. The van der Waals surface area contributed by atoms with Crippen molar-refractivity contribution in [1.29, 1.82) is 0 Å². The number of rotatable bonds is 18. The second-order valence-electron chi connectivity index (χ2n) is 32.0. The number of hydrogen-bond donors (Lipinski definition) is 4. The summed E-state index contributed by atoms with van der Waals surface area (Å²) in [6, 6.07) is 25.6. The van der Waals surface area contributed by atoms with Crippen LogP contribution in [0.1, 0.15) is 204 Å². The number of hydrogen-bond acceptors (Lipinski definition) is 10. The molecule has 13 heteroatoms. The normalized spacial score (nSPS) is 38.1. The van der Waals surface area contributed by atoms with Crippen LogP contribution in [-0.4, -0.2) is 85.8 Å². The van der Waals surface area contributed by atoms with Crippen LogP contribution < -0.4 is 0 Å². The molecule has 4 aromatic rings. The highest BCUT2D eigenvalue weighted by molar-refractivity contribution is 7.92. The van der Waals surface area contributed by atoms with E-state index in [0.29, 0.717) is 95.2 Å². The third-order valence-corrected chi connectivity index (χ3v) is 31.0. The van der Waals surface area contributed by atoms with Gasteiger partial charge in [0, 0.05) is 20.0 Å². The number of aliphatic hydroxyl groups is 4. The summed E-state index contributed by atoms with van der Waals surface area (Å²) in [7, 11) is -6.33. The molecule has 0 bridgehead atoms. The fraction of sp³-hybridized carbons (Fsp3) is 0.718.